The summed E-state index contributed by atoms with van der Waals surface area (Å²) >= 11 is 11.7. The van der Waals surface area contributed by atoms with Crippen LogP contribution in [-0.4, -0.2) is 23.1 Å². The summed E-state index contributed by atoms with van der Waals surface area (Å²) in [5.74, 6) is 0.422. The van der Waals surface area contributed by atoms with Crippen molar-refractivity contribution in [2.45, 2.75) is 5.92 Å². The number of hydrogen-bond donors (Lipinski definition) is 2. The Balaban J connectivity index is 1.77. The van der Waals surface area contributed by atoms with Crippen LogP contribution in [0.4, 0.5) is 15.9 Å². The Morgan fingerprint density at radius 2 is 1.96 bits per heavy atom. The lowest BCUT2D eigenvalue weighted by atomic mass is 9.93. The Hall–Kier alpha value is -1.95. The van der Waals surface area contributed by atoms with Gasteiger partial charge in [0.05, 0.1) is 21.2 Å². The molecule has 2 heterocycles. The van der Waals surface area contributed by atoms with Crippen molar-refractivity contribution in [2.75, 3.05) is 18.4 Å². The fraction of sp³-hybridized carbons (Fsp3) is 0.176. The van der Waals surface area contributed by atoms with Gasteiger partial charge in [-0.3, -0.25) is 0 Å². The number of hydrogen-bond acceptors (Lipinski definition) is 4. The maximum Gasteiger partial charge on any atom is 0.166 e. The average Bonchev–Trinajstić information content (AvgIpc) is 2.54. The Morgan fingerprint density at radius 3 is 2.71 bits per heavy atom. The maximum atomic E-state index is 14.3. The monoisotopic (exact) mass is 362 g/mol. The second-order valence-corrected chi connectivity index (χ2v) is 6.49. The van der Waals surface area contributed by atoms with Gasteiger partial charge in [0.1, 0.15) is 12.1 Å². The van der Waals surface area contributed by atoms with Gasteiger partial charge in [-0.2, -0.15) is 0 Å². The van der Waals surface area contributed by atoms with Crippen LogP contribution in [-0.2, 0) is 0 Å². The molecule has 0 atom stereocenters. The molecule has 0 spiro atoms. The van der Waals surface area contributed by atoms with E-state index in [1.807, 2.05) is 6.07 Å². The Bertz CT molecular complexity index is 928. The van der Waals surface area contributed by atoms with Gasteiger partial charge in [0, 0.05) is 24.4 Å². The lowest BCUT2D eigenvalue weighted by molar-refractivity contribution is 0.449. The smallest absolute Gasteiger partial charge is 0.166 e. The highest BCUT2D eigenvalue weighted by atomic mass is 35.5. The molecule has 7 heteroatoms. The molecule has 0 radical (unpaired) electrons. The number of halogens is 3. The molecule has 1 aliphatic rings. The van der Waals surface area contributed by atoms with E-state index in [9.17, 15) is 4.39 Å². The molecule has 1 aromatic heterocycles. The van der Waals surface area contributed by atoms with Crippen molar-refractivity contribution in [2.24, 2.45) is 0 Å². The molecule has 0 bridgehead atoms. The number of fused-ring (bicyclic) bond motifs is 1. The quantitative estimate of drug-likeness (QED) is 0.673. The zero-order valence-corrected chi connectivity index (χ0v) is 14.0. The molecule has 1 saturated heterocycles. The molecule has 2 N–H and O–H groups in total. The van der Waals surface area contributed by atoms with E-state index in [2.05, 4.69) is 32.7 Å². The normalized spacial score (nSPS) is 14.6. The van der Waals surface area contributed by atoms with Gasteiger partial charge in [-0.25, -0.2) is 14.4 Å². The van der Waals surface area contributed by atoms with E-state index in [0.29, 0.717) is 11.7 Å². The molecule has 0 saturated carbocycles. The predicted octanol–water partition coefficient (Wildman–Crippen LogP) is 4.51. The van der Waals surface area contributed by atoms with Crippen LogP contribution in [0.15, 0.2) is 36.7 Å². The molecule has 4 rings (SSSR count). The average molecular weight is 363 g/mol. The molecule has 4 nitrogen and oxygen atoms in total. The Kier molecular flexibility index (Phi) is 4.00. The second kappa shape index (κ2) is 6.16. The van der Waals surface area contributed by atoms with Crippen molar-refractivity contribution in [3.63, 3.8) is 0 Å². The van der Waals surface area contributed by atoms with Crippen LogP contribution < -0.4 is 10.6 Å². The standard InChI is InChI=1S/C17H13Cl2FN4/c18-12-2-4-14(16(20)15(12)19)24-17-11-5-9(10-6-21-7-10)1-3-13(11)22-8-23-17/h1-5,8,10,21H,6-7H2,(H,22,23,24). The second-order valence-electron chi connectivity index (χ2n) is 5.70. The van der Waals surface area contributed by atoms with E-state index >= 15 is 0 Å². The minimum absolute atomic E-state index is 0.110. The molecule has 3 aromatic rings. The molecule has 0 amide bonds. The topological polar surface area (TPSA) is 49.8 Å². The van der Waals surface area contributed by atoms with E-state index in [1.165, 1.54) is 18.0 Å². The number of rotatable bonds is 3. The van der Waals surface area contributed by atoms with Gasteiger partial charge < -0.3 is 10.6 Å². The fourth-order valence-corrected chi connectivity index (χ4v) is 3.01. The molecule has 1 fully saturated rings. The SMILES string of the molecule is Fc1c(Nc2ncnc3ccc(C4CNC4)cc23)ccc(Cl)c1Cl. The summed E-state index contributed by atoms with van der Waals surface area (Å²) in [6.07, 6.45) is 1.45. The molecular formula is C17H13Cl2FN4. The molecule has 1 aliphatic heterocycles. The van der Waals surface area contributed by atoms with Crippen LogP contribution in [0, 0.1) is 5.82 Å². The van der Waals surface area contributed by atoms with Gasteiger partial charge >= 0.3 is 0 Å². The highest BCUT2D eigenvalue weighted by Crippen LogP contribution is 2.33. The van der Waals surface area contributed by atoms with Crippen molar-refractivity contribution in [3.8, 4) is 0 Å². The van der Waals surface area contributed by atoms with Crippen LogP contribution in [0.5, 0.6) is 0 Å². The van der Waals surface area contributed by atoms with Gasteiger partial charge in [0.25, 0.3) is 0 Å². The number of anilines is 2. The fourth-order valence-electron chi connectivity index (χ4n) is 2.70. The third kappa shape index (κ3) is 2.69. The Morgan fingerprint density at radius 1 is 1.12 bits per heavy atom. The van der Waals surface area contributed by atoms with Gasteiger partial charge in [-0.15, -0.1) is 0 Å². The van der Waals surface area contributed by atoms with E-state index in [0.717, 1.165) is 24.0 Å². The first-order valence-corrected chi connectivity index (χ1v) is 8.25. The minimum atomic E-state index is -0.602. The molecule has 24 heavy (non-hydrogen) atoms. The summed E-state index contributed by atoms with van der Waals surface area (Å²) in [6, 6.07) is 9.17. The summed E-state index contributed by atoms with van der Waals surface area (Å²) < 4.78 is 14.3. The molecule has 122 valence electrons. The van der Waals surface area contributed by atoms with Gasteiger partial charge in [-0.05, 0) is 29.8 Å². The van der Waals surface area contributed by atoms with E-state index in [4.69, 9.17) is 23.2 Å². The molecule has 0 unspecified atom stereocenters. The molecule has 2 aromatic carbocycles. The van der Waals surface area contributed by atoms with Crippen LogP contribution in [0.3, 0.4) is 0 Å². The Labute approximate surface area is 148 Å². The third-order valence-corrected chi connectivity index (χ3v) is 4.98. The molecule has 0 aliphatic carbocycles. The van der Waals surface area contributed by atoms with Crippen LogP contribution in [0.1, 0.15) is 11.5 Å². The van der Waals surface area contributed by atoms with Crippen molar-refractivity contribution in [3.05, 3.63) is 58.1 Å². The first-order chi connectivity index (χ1) is 11.6. The van der Waals surface area contributed by atoms with Crippen molar-refractivity contribution in [1.82, 2.24) is 15.3 Å². The van der Waals surface area contributed by atoms with Crippen molar-refractivity contribution < 1.29 is 4.39 Å². The predicted molar refractivity (Wildman–Crippen MR) is 94.9 cm³/mol. The number of nitrogens with one attached hydrogen (secondary N) is 2. The van der Waals surface area contributed by atoms with Gasteiger partial charge in [0.2, 0.25) is 0 Å². The number of aromatic nitrogens is 2. The molecular weight excluding hydrogens is 350 g/mol. The van der Waals surface area contributed by atoms with Crippen LogP contribution in [0.25, 0.3) is 10.9 Å². The summed E-state index contributed by atoms with van der Waals surface area (Å²) in [6.45, 7) is 1.92. The third-order valence-electron chi connectivity index (χ3n) is 4.20. The lowest BCUT2D eigenvalue weighted by Gasteiger charge is -2.27. The van der Waals surface area contributed by atoms with E-state index < -0.39 is 5.82 Å². The zero-order valence-electron chi connectivity index (χ0n) is 12.5. The number of nitrogens with zero attached hydrogens (tertiary/aromatic N) is 2. The minimum Gasteiger partial charge on any atom is -0.337 e. The summed E-state index contributed by atoms with van der Waals surface area (Å²) in [5, 5.41) is 7.16. The summed E-state index contributed by atoms with van der Waals surface area (Å²) in [7, 11) is 0. The maximum absolute atomic E-state index is 14.3. The largest absolute Gasteiger partial charge is 0.337 e. The lowest BCUT2D eigenvalue weighted by Crippen LogP contribution is -2.39. The van der Waals surface area contributed by atoms with Crippen LogP contribution in [0.2, 0.25) is 10.0 Å². The van der Waals surface area contributed by atoms with Gasteiger partial charge in [-0.1, -0.05) is 29.3 Å². The zero-order chi connectivity index (χ0) is 16.7. The van der Waals surface area contributed by atoms with Crippen molar-refractivity contribution >= 4 is 45.6 Å². The highest BCUT2D eigenvalue weighted by molar-refractivity contribution is 6.42. The van der Waals surface area contributed by atoms with E-state index in [1.54, 1.807) is 6.07 Å². The first kappa shape index (κ1) is 15.6. The highest BCUT2D eigenvalue weighted by Gasteiger charge is 2.20. The summed E-state index contributed by atoms with van der Waals surface area (Å²) in [5.41, 5.74) is 2.23. The van der Waals surface area contributed by atoms with Crippen LogP contribution >= 0.6 is 23.2 Å². The van der Waals surface area contributed by atoms with Gasteiger partial charge in [0.15, 0.2) is 5.82 Å². The summed E-state index contributed by atoms with van der Waals surface area (Å²) in [4.78, 5) is 8.53. The van der Waals surface area contributed by atoms with Crippen molar-refractivity contribution in [1.29, 1.82) is 0 Å². The number of benzene rings is 2. The van der Waals surface area contributed by atoms with E-state index in [-0.39, 0.29) is 15.7 Å². The first-order valence-electron chi connectivity index (χ1n) is 7.49.